The van der Waals surface area contributed by atoms with Crippen molar-refractivity contribution in [1.29, 1.82) is 0 Å². The molecule has 0 saturated carbocycles. The predicted octanol–water partition coefficient (Wildman–Crippen LogP) is 1.21. The zero-order valence-electron chi connectivity index (χ0n) is 6.41. The molecule has 9 heavy (non-hydrogen) atoms. The van der Waals surface area contributed by atoms with Crippen molar-refractivity contribution in [3.05, 3.63) is 5.92 Å². The maximum absolute atomic E-state index is 3.12. The molecule has 0 spiro atoms. The van der Waals surface area contributed by atoms with Gasteiger partial charge >= 0.3 is 0 Å². The number of hydrogen-bond acceptors (Lipinski definition) is 1. The molecule has 0 aliphatic heterocycles. The van der Waals surface area contributed by atoms with E-state index in [9.17, 15) is 0 Å². The van der Waals surface area contributed by atoms with E-state index in [0.29, 0.717) is 0 Å². The highest BCUT2D eigenvalue weighted by Crippen LogP contribution is 1.87. The molecule has 0 amide bonds. The second kappa shape index (κ2) is 5.65. The van der Waals surface area contributed by atoms with Crippen molar-refractivity contribution >= 4 is 0 Å². The highest BCUT2D eigenvalue weighted by molar-refractivity contribution is 5.17. The van der Waals surface area contributed by atoms with Crippen LogP contribution in [0.1, 0.15) is 20.8 Å². The van der Waals surface area contributed by atoms with Crippen LogP contribution in [-0.4, -0.2) is 13.1 Å². The number of rotatable bonds is 2. The summed E-state index contributed by atoms with van der Waals surface area (Å²) in [5.74, 6) is 7.15. The molecule has 1 nitrogen and oxygen atoms in total. The minimum atomic E-state index is 0.807. The quantitative estimate of drug-likeness (QED) is 0.431. The largest absolute Gasteiger partial charge is 0.307 e. The molecule has 0 aliphatic rings. The average molecular weight is 124 g/mol. The Balaban J connectivity index is 3.16. The van der Waals surface area contributed by atoms with Crippen LogP contribution in [0.2, 0.25) is 0 Å². The Morgan fingerprint density at radius 3 is 2.56 bits per heavy atom. The van der Waals surface area contributed by atoms with E-state index in [-0.39, 0.29) is 0 Å². The van der Waals surface area contributed by atoms with Crippen molar-refractivity contribution < 1.29 is 0 Å². The molecule has 51 valence electrons. The highest BCUT2D eigenvalue weighted by Gasteiger charge is 1.80. The summed E-state index contributed by atoms with van der Waals surface area (Å²) in [7, 11) is 0. The van der Waals surface area contributed by atoms with Gasteiger partial charge in [-0.25, -0.2) is 0 Å². The molecule has 1 radical (unpaired) electrons. The van der Waals surface area contributed by atoms with Crippen molar-refractivity contribution in [1.82, 2.24) is 5.32 Å². The minimum absolute atomic E-state index is 0.807. The lowest BCUT2D eigenvalue weighted by atomic mass is 10.2. The Morgan fingerprint density at radius 1 is 1.44 bits per heavy atom. The Kier molecular flexibility index (Phi) is 5.35. The average Bonchev–Trinajstić information content (AvgIpc) is 1.80. The first-order valence-corrected chi connectivity index (χ1v) is 3.27. The van der Waals surface area contributed by atoms with Crippen molar-refractivity contribution in [2.24, 2.45) is 0 Å². The van der Waals surface area contributed by atoms with Gasteiger partial charge in [0.05, 0.1) is 6.54 Å². The standard InChI is InChI=1S/C8H14N/c1-4-9-7-5-6-8(2)3/h9H,4,7H2,1-3H3. The lowest BCUT2D eigenvalue weighted by molar-refractivity contribution is 0.810. The van der Waals surface area contributed by atoms with Crippen LogP contribution in [0.5, 0.6) is 0 Å². The van der Waals surface area contributed by atoms with Crippen LogP contribution < -0.4 is 5.32 Å². The summed E-state index contributed by atoms with van der Waals surface area (Å²) in [6.45, 7) is 7.90. The van der Waals surface area contributed by atoms with Crippen LogP contribution in [0.15, 0.2) is 0 Å². The van der Waals surface area contributed by atoms with E-state index in [1.165, 1.54) is 5.92 Å². The van der Waals surface area contributed by atoms with Gasteiger partial charge in [-0.1, -0.05) is 18.8 Å². The van der Waals surface area contributed by atoms with Crippen LogP contribution >= 0.6 is 0 Å². The second-order valence-corrected chi connectivity index (χ2v) is 2.08. The maximum Gasteiger partial charge on any atom is 0.0576 e. The molecule has 0 heterocycles. The zero-order valence-corrected chi connectivity index (χ0v) is 6.41. The van der Waals surface area contributed by atoms with E-state index in [1.54, 1.807) is 0 Å². The van der Waals surface area contributed by atoms with Gasteiger partial charge in [-0.2, -0.15) is 0 Å². The molecule has 0 bridgehead atoms. The molecular formula is C8H14N. The lowest BCUT2D eigenvalue weighted by Crippen LogP contribution is -2.11. The molecule has 0 fully saturated rings. The van der Waals surface area contributed by atoms with Gasteiger partial charge in [0.15, 0.2) is 0 Å². The van der Waals surface area contributed by atoms with Gasteiger partial charge in [0, 0.05) is 5.92 Å². The first-order valence-electron chi connectivity index (χ1n) is 3.27. The smallest absolute Gasteiger partial charge is 0.0576 e. The fraction of sp³-hybridized carbons (Fsp3) is 0.625. The Bertz CT molecular complexity index is 105. The fourth-order valence-corrected chi connectivity index (χ4v) is 0.408. The summed E-state index contributed by atoms with van der Waals surface area (Å²) in [6.07, 6.45) is 0. The third kappa shape index (κ3) is 7.52. The second-order valence-electron chi connectivity index (χ2n) is 2.08. The van der Waals surface area contributed by atoms with Crippen molar-refractivity contribution in [3.63, 3.8) is 0 Å². The van der Waals surface area contributed by atoms with Crippen LogP contribution in [0.25, 0.3) is 0 Å². The summed E-state index contributed by atoms with van der Waals surface area (Å²) >= 11 is 0. The number of nitrogens with one attached hydrogen (secondary N) is 1. The molecule has 0 aliphatic carbocycles. The van der Waals surface area contributed by atoms with Crippen molar-refractivity contribution in [2.45, 2.75) is 20.8 Å². The molecular weight excluding hydrogens is 110 g/mol. The summed E-state index contributed by atoms with van der Waals surface area (Å²) in [5, 5.41) is 3.12. The topological polar surface area (TPSA) is 12.0 Å². The van der Waals surface area contributed by atoms with E-state index < -0.39 is 0 Å². The SMILES string of the molecule is CCNCC#C[C](C)C. The third-order valence-corrected chi connectivity index (χ3v) is 0.802. The predicted molar refractivity (Wildman–Crippen MR) is 40.9 cm³/mol. The maximum atomic E-state index is 3.12. The molecule has 0 atom stereocenters. The molecule has 0 rings (SSSR count). The minimum Gasteiger partial charge on any atom is -0.307 e. The summed E-state index contributed by atoms with van der Waals surface area (Å²) in [5.41, 5.74) is 0. The monoisotopic (exact) mass is 124 g/mol. The molecule has 0 aromatic carbocycles. The summed E-state index contributed by atoms with van der Waals surface area (Å²) in [4.78, 5) is 0. The molecule has 0 aromatic rings. The highest BCUT2D eigenvalue weighted by atomic mass is 14.8. The fourth-order valence-electron chi connectivity index (χ4n) is 0.408. The Labute approximate surface area is 57.8 Å². The Hall–Kier alpha value is -0.480. The summed E-state index contributed by atoms with van der Waals surface area (Å²) in [6, 6.07) is 0. The zero-order chi connectivity index (χ0) is 7.11. The van der Waals surface area contributed by atoms with Crippen LogP contribution in [0.4, 0.5) is 0 Å². The van der Waals surface area contributed by atoms with Crippen LogP contribution in [0.3, 0.4) is 0 Å². The van der Waals surface area contributed by atoms with Gasteiger partial charge in [-0.15, -0.1) is 0 Å². The van der Waals surface area contributed by atoms with E-state index in [2.05, 4.69) is 24.1 Å². The normalized spacial score (nSPS) is 8.89. The molecule has 0 unspecified atom stereocenters. The molecule has 0 aromatic heterocycles. The third-order valence-electron chi connectivity index (χ3n) is 0.802. The van der Waals surface area contributed by atoms with Gasteiger partial charge in [0.1, 0.15) is 0 Å². The first kappa shape index (κ1) is 8.52. The first-order chi connectivity index (χ1) is 4.27. The van der Waals surface area contributed by atoms with E-state index >= 15 is 0 Å². The van der Waals surface area contributed by atoms with E-state index in [4.69, 9.17) is 0 Å². The van der Waals surface area contributed by atoms with E-state index in [1.807, 2.05) is 13.8 Å². The van der Waals surface area contributed by atoms with E-state index in [0.717, 1.165) is 13.1 Å². The summed E-state index contributed by atoms with van der Waals surface area (Å²) < 4.78 is 0. The van der Waals surface area contributed by atoms with Gasteiger partial charge in [-0.05, 0) is 20.4 Å². The van der Waals surface area contributed by atoms with Gasteiger partial charge < -0.3 is 5.32 Å². The van der Waals surface area contributed by atoms with Crippen molar-refractivity contribution in [3.8, 4) is 11.8 Å². The van der Waals surface area contributed by atoms with Crippen LogP contribution in [-0.2, 0) is 0 Å². The Morgan fingerprint density at radius 2 is 2.11 bits per heavy atom. The van der Waals surface area contributed by atoms with Gasteiger partial charge in [0.2, 0.25) is 0 Å². The van der Waals surface area contributed by atoms with Gasteiger partial charge in [0.25, 0.3) is 0 Å². The molecule has 1 heteroatoms. The molecule has 0 saturated heterocycles. The van der Waals surface area contributed by atoms with Crippen molar-refractivity contribution in [2.75, 3.05) is 13.1 Å². The molecule has 1 N–H and O–H groups in total. The number of hydrogen-bond donors (Lipinski definition) is 1. The van der Waals surface area contributed by atoms with Crippen LogP contribution in [0, 0.1) is 17.8 Å². The van der Waals surface area contributed by atoms with Gasteiger partial charge in [-0.3, -0.25) is 0 Å². The lowest BCUT2D eigenvalue weighted by Gasteiger charge is -1.90.